The molecule has 2 rings (SSSR count). The number of cyclic esters (lactones) is 2. The lowest BCUT2D eigenvalue weighted by Crippen LogP contribution is -2.27. The Balaban J connectivity index is 2.51. The van der Waals surface area contributed by atoms with Crippen LogP contribution < -0.4 is 0 Å². The number of hydrogen-bond acceptors (Lipinski definition) is 3. The number of benzene rings is 1. The maximum Gasteiger partial charge on any atom is 0.324 e. The molecule has 1 unspecified atom stereocenters. The van der Waals surface area contributed by atoms with E-state index in [4.69, 9.17) is 0 Å². The summed E-state index contributed by atoms with van der Waals surface area (Å²) in [5.74, 6) is -3.04. The van der Waals surface area contributed by atoms with Crippen LogP contribution in [0.2, 0.25) is 0 Å². The van der Waals surface area contributed by atoms with Crippen LogP contribution in [0.15, 0.2) is 18.2 Å². The summed E-state index contributed by atoms with van der Waals surface area (Å²) in [6.07, 6.45) is -0.200. The van der Waals surface area contributed by atoms with Crippen molar-refractivity contribution in [3.63, 3.8) is 0 Å². The summed E-state index contributed by atoms with van der Waals surface area (Å²) in [4.78, 5) is 22.4. The van der Waals surface area contributed by atoms with E-state index in [2.05, 4.69) is 4.74 Å². The van der Waals surface area contributed by atoms with Gasteiger partial charge in [0.15, 0.2) is 0 Å². The monoisotopic (exact) mass is 226 g/mol. The highest BCUT2D eigenvalue weighted by Crippen LogP contribution is 2.35. The van der Waals surface area contributed by atoms with E-state index < -0.39 is 29.0 Å². The maximum atomic E-state index is 13.0. The van der Waals surface area contributed by atoms with E-state index in [0.29, 0.717) is 6.07 Å². The molecule has 0 bridgehead atoms. The Hall–Kier alpha value is -1.78. The lowest BCUT2D eigenvalue weighted by molar-refractivity contribution is -0.153. The molecular formula is C11H8F2O3. The van der Waals surface area contributed by atoms with E-state index in [0.717, 1.165) is 12.1 Å². The number of carbonyl (C=O) groups is 2. The van der Waals surface area contributed by atoms with Crippen molar-refractivity contribution in [3.8, 4) is 0 Å². The molecule has 0 radical (unpaired) electrons. The summed E-state index contributed by atoms with van der Waals surface area (Å²) in [6.45, 7) is 1.43. The van der Waals surface area contributed by atoms with E-state index in [9.17, 15) is 18.4 Å². The van der Waals surface area contributed by atoms with Crippen LogP contribution in [0.5, 0.6) is 0 Å². The van der Waals surface area contributed by atoms with Gasteiger partial charge >= 0.3 is 11.9 Å². The Labute approximate surface area is 90.0 Å². The van der Waals surface area contributed by atoms with Gasteiger partial charge in [0.2, 0.25) is 0 Å². The van der Waals surface area contributed by atoms with Crippen molar-refractivity contribution in [1.82, 2.24) is 0 Å². The molecule has 0 aliphatic carbocycles. The lowest BCUT2D eigenvalue weighted by Gasteiger charge is -2.18. The van der Waals surface area contributed by atoms with Crippen molar-refractivity contribution >= 4 is 11.9 Å². The molecule has 5 heteroatoms. The third-order valence-electron chi connectivity index (χ3n) is 2.65. The fourth-order valence-electron chi connectivity index (χ4n) is 1.71. The molecule has 1 saturated heterocycles. The first-order valence-corrected chi connectivity index (χ1v) is 4.63. The molecule has 1 aromatic rings. The van der Waals surface area contributed by atoms with E-state index >= 15 is 0 Å². The fraction of sp³-hybridized carbons (Fsp3) is 0.273. The molecule has 1 aliphatic heterocycles. The minimum Gasteiger partial charge on any atom is -0.392 e. The number of carbonyl (C=O) groups excluding carboxylic acids is 2. The Morgan fingerprint density at radius 3 is 2.19 bits per heavy atom. The summed E-state index contributed by atoms with van der Waals surface area (Å²) < 4.78 is 30.4. The Morgan fingerprint density at radius 1 is 1.19 bits per heavy atom. The van der Waals surface area contributed by atoms with Gasteiger partial charge in [-0.3, -0.25) is 9.59 Å². The average molecular weight is 226 g/mol. The smallest absolute Gasteiger partial charge is 0.324 e. The van der Waals surface area contributed by atoms with Gasteiger partial charge in [0.05, 0.1) is 6.42 Å². The summed E-state index contributed by atoms with van der Waals surface area (Å²) in [5.41, 5.74) is -1.18. The minimum absolute atomic E-state index is 0.112. The van der Waals surface area contributed by atoms with Crippen LogP contribution in [0.25, 0.3) is 0 Å². The molecule has 0 spiro atoms. The first kappa shape index (κ1) is 10.7. The Bertz CT molecular complexity index is 464. The molecule has 0 aromatic heterocycles. The van der Waals surface area contributed by atoms with Gasteiger partial charge in [-0.15, -0.1) is 0 Å². The first-order chi connectivity index (χ1) is 7.41. The van der Waals surface area contributed by atoms with Gasteiger partial charge in [-0.05, 0) is 24.6 Å². The van der Waals surface area contributed by atoms with E-state index in [1.807, 2.05) is 0 Å². The molecule has 1 aliphatic rings. The third-order valence-corrected chi connectivity index (χ3v) is 2.65. The van der Waals surface area contributed by atoms with Crippen LogP contribution in [0.4, 0.5) is 8.78 Å². The summed E-state index contributed by atoms with van der Waals surface area (Å²) >= 11 is 0. The lowest BCUT2D eigenvalue weighted by atomic mass is 9.81. The maximum absolute atomic E-state index is 13.0. The van der Waals surface area contributed by atoms with Crippen LogP contribution >= 0.6 is 0 Å². The van der Waals surface area contributed by atoms with E-state index in [1.165, 1.54) is 6.92 Å². The molecule has 1 atom stereocenters. The second kappa shape index (κ2) is 3.37. The highest BCUT2D eigenvalue weighted by atomic mass is 19.1. The number of esters is 2. The van der Waals surface area contributed by atoms with Crippen LogP contribution in [0, 0.1) is 11.6 Å². The summed E-state index contributed by atoms with van der Waals surface area (Å²) in [5, 5.41) is 0. The Kier molecular flexibility index (Phi) is 2.26. The van der Waals surface area contributed by atoms with Crippen LogP contribution in [0.1, 0.15) is 18.9 Å². The van der Waals surface area contributed by atoms with Crippen molar-refractivity contribution in [2.75, 3.05) is 0 Å². The van der Waals surface area contributed by atoms with Crippen molar-refractivity contribution in [3.05, 3.63) is 35.4 Å². The molecule has 0 N–H and O–H groups in total. The average Bonchev–Trinajstić information content (AvgIpc) is 2.40. The van der Waals surface area contributed by atoms with Crippen LogP contribution in [0.3, 0.4) is 0 Å². The van der Waals surface area contributed by atoms with Gasteiger partial charge in [-0.25, -0.2) is 8.78 Å². The van der Waals surface area contributed by atoms with Gasteiger partial charge in [0.25, 0.3) is 0 Å². The third kappa shape index (κ3) is 1.58. The SMILES string of the molecule is CC1(c2cc(F)cc(F)c2)CC(=O)OC1=O. The molecule has 1 heterocycles. The molecule has 84 valence electrons. The van der Waals surface area contributed by atoms with Gasteiger partial charge < -0.3 is 4.74 Å². The number of ether oxygens (including phenoxy) is 1. The molecule has 0 amide bonds. The largest absolute Gasteiger partial charge is 0.392 e. The number of hydrogen-bond donors (Lipinski definition) is 0. The Morgan fingerprint density at radius 2 is 1.75 bits per heavy atom. The second-order valence-electron chi connectivity index (χ2n) is 3.93. The molecule has 16 heavy (non-hydrogen) atoms. The van der Waals surface area contributed by atoms with Gasteiger partial charge in [-0.2, -0.15) is 0 Å². The summed E-state index contributed by atoms with van der Waals surface area (Å²) in [7, 11) is 0. The predicted molar refractivity (Wildman–Crippen MR) is 49.4 cm³/mol. The van der Waals surface area contributed by atoms with Crippen molar-refractivity contribution in [2.45, 2.75) is 18.8 Å². The van der Waals surface area contributed by atoms with Crippen molar-refractivity contribution in [2.24, 2.45) is 0 Å². The standard InChI is InChI=1S/C11H8F2O3/c1-11(5-9(14)16-10(11)15)6-2-7(12)4-8(13)3-6/h2-4H,5H2,1H3. The minimum atomic E-state index is -1.29. The highest BCUT2D eigenvalue weighted by molar-refractivity contribution is 6.00. The molecule has 1 aromatic carbocycles. The van der Waals surface area contributed by atoms with Gasteiger partial charge in [0, 0.05) is 6.07 Å². The van der Waals surface area contributed by atoms with Crippen molar-refractivity contribution in [1.29, 1.82) is 0 Å². The zero-order chi connectivity index (χ0) is 11.9. The normalized spacial score (nSPS) is 24.7. The van der Waals surface area contributed by atoms with E-state index in [-0.39, 0.29) is 12.0 Å². The first-order valence-electron chi connectivity index (χ1n) is 4.63. The molecule has 0 saturated carbocycles. The quantitative estimate of drug-likeness (QED) is 0.540. The zero-order valence-electron chi connectivity index (χ0n) is 8.42. The second-order valence-corrected chi connectivity index (χ2v) is 3.93. The highest BCUT2D eigenvalue weighted by Gasteiger charge is 2.46. The number of halogens is 2. The van der Waals surface area contributed by atoms with Crippen LogP contribution in [-0.2, 0) is 19.7 Å². The zero-order valence-corrected chi connectivity index (χ0v) is 8.42. The molecular weight excluding hydrogens is 218 g/mol. The fourth-order valence-corrected chi connectivity index (χ4v) is 1.71. The van der Waals surface area contributed by atoms with Gasteiger partial charge in [-0.1, -0.05) is 0 Å². The predicted octanol–water partition coefficient (Wildman–Crippen LogP) is 1.70. The van der Waals surface area contributed by atoms with E-state index in [1.54, 1.807) is 0 Å². The summed E-state index contributed by atoms with van der Waals surface area (Å²) in [6, 6.07) is 2.76. The topological polar surface area (TPSA) is 43.4 Å². The van der Waals surface area contributed by atoms with Gasteiger partial charge in [0.1, 0.15) is 17.0 Å². The molecule has 1 fully saturated rings. The number of rotatable bonds is 1. The molecule has 3 nitrogen and oxygen atoms in total. The van der Waals surface area contributed by atoms with Crippen LogP contribution in [-0.4, -0.2) is 11.9 Å². The van der Waals surface area contributed by atoms with Crippen molar-refractivity contribution < 1.29 is 23.1 Å².